The largest absolute Gasteiger partial charge is 0.496 e. The normalized spacial score (nSPS) is 9.37. The monoisotopic (exact) mass is 378 g/mol. The number of carboxylic acids is 1. The van der Waals surface area contributed by atoms with E-state index >= 15 is 0 Å². The maximum atomic E-state index is 11.4. The zero-order valence-electron chi connectivity index (χ0n) is 15.8. The summed E-state index contributed by atoms with van der Waals surface area (Å²) in [6.45, 7) is 0. The van der Waals surface area contributed by atoms with Crippen molar-refractivity contribution in [2.75, 3.05) is 35.5 Å². The molecule has 0 atom stereocenters. The summed E-state index contributed by atoms with van der Waals surface area (Å²) in [6.07, 6.45) is 0. The van der Waals surface area contributed by atoms with Crippen LogP contribution in [0.25, 0.3) is 0 Å². The summed E-state index contributed by atoms with van der Waals surface area (Å²) < 4.78 is 24.5. The molecular weight excluding hydrogens is 356 g/mol. The van der Waals surface area contributed by atoms with E-state index in [1.165, 1.54) is 35.5 Å². The van der Waals surface area contributed by atoms with E-state index in [1.54, 1.807) is 36.4 Å². The number of carbonyl (C=O) groups is 2. The maximum Gasteiger partial charge on any atom is 0.345 e. The van der Waals surface area contributed by atoms with E-state index in [4.69, 9.17) is 24.1 Å². The average Bonchev–Trinajstić information content (AvgIpc) is 2.71. The Bertz CT molecular complexity index is 741. The van der Waals surface area contributed by atoms with Gasteiger partial charge in [0.1, 0.15) is 34.1 Å². The quantitative estimate of drug-likeness (QED) is 0.766. The van der Waals surface area contributed by atoms with Crippen LogP contribution in [0.15, 0.2) is 36.4 Å². The molecule has 0 bridgehead atoms. The highest BCUT2D eigenvalue weighted by atomic mass is 16.5. The molecule has 146 valence electrons. The third-order valence-electron chi connectivity index (χ3n) is 3.46. The standard InChI is InChI=1S/C10H12O4.C9H10O4/c1-12-7-5-4-6-8(13-2)9(7)10(11)14-3;1-12-6-4-3-5-7(13-2)8(6)9(10)11/h4-6H,1-3H3;3-5H,1-2H3,(H,10,11). The molecule has 8 nitrogen and oxygen atoms in total. The fraction of sp³-hybridized carbons (Fsp3) is 0.263. The summed E-state index contributed by atoms with van der Waals surface area (Å²) in [5, 5.41) is 8.85. The first kappa shape index (κ1) is 21.6. The summed E-state index contributed by atoms with van der Waals surface area (Å²) in [7, 11) is 7.12. The van der Waals surface area contributed by atoms with E-state index < -0.39 is 11.9 Å². The van der Waals surface area contributed by atoms with Gasteiger partial charge < -0.3 is 28.8 Å². The van der Waals surface area contributed by atoms with Gasteiger partial charge in [-0.1, -0.05) is 12.1 Å². The van der Waals surface area contributed by atoms with Gasteiger partial charge in [0.05, 0.1) is 35.5 Å². The molecule has 0 aromatic heterocycles. The van der Waals surface area contributed by atoms with Crippen LogP contribution in [0.1, 0.15) is 20.7 Å². The number of methoxy groups -OCH3 is 5. The van der Waals surface area contributed by atoms with Crippen molar-refractivity contribution in [1.82, 2.24) is 0 Å². The summed E-state index contributed by atoms with van der Waals surface area (Å²) >= 11 is 0. The van der Waals surface area contributed by atoms with Gasteiger partial charge in [-0.15, -0.1) is 0 Å². The Balaban J connectivity index is 0.000000271. The predicted molar refractivity (Wildman–Crippen MR) is 97.4 cm³/mol. The molecule has 0 fully saturated rings. The van der Waals surface area contributed by atoms with Gasteiger partial charge in [0.25, 0.3) is 0 Å². The molecule has 0 unspecified atom stereocenters. The molecule has 0 spiro atoms. The molecule has 0 saturated heterocycles. The second-order valence-electron chi connectivity index (χ2n) is 4.87. The number of carbonyl (C=O) groups excluding carboxylic acids is 1. The first-order valence-electron chi connectivity index (χ1n) is 7.68. The Kier molecular flexibility index (Phi) is 8.44. The Morgan fingerprint density at radius 2 is 1.00 bits per heavy atom. The van der Waals surface area contributed by atoms with E-state index in [0.717, 1.165) is 0 Å². The molecule has 0 aliphatic heterocycles. The van der Waals surface area contributed by atoms with Crippen LogP contribution < -0.4 is 18.9 Å². The highest BCUT2D eigenvalue weighted by Crippen LogP contribution is 2.29. The molecule has 0 saturated carbocycles. The van der Waals surface area contributed by atoms with Crippen molar-refractivity contribution in [2.45, 2.75) is 0 Å². The molecular formula is C19H22O8. The lowest BCUT2D eigenvalue weighted by molar-refractivity contribution is 0.0592. The van der Waals surface area contributed by atoms with Crippen LogP contribution in [-0.4, -0.2) is 52.6 Å². The highest BCUT2D eigenvalue weighted by molar-refractivity contribution is 5.95. The van der Waals surface area contributed by atoms with Crippen molar-refractivity contribution in [3.8, 4) is 23.0 Å². The van der Waals surface area contributed by atoms with Gasteiger partial charge in [-0.2, -0.15) is 0 Å². The molecule has 2 aromatic rings. The van der Waals surface area contributed by atoms with E-state index in [0.29, 0.717) is 28.6 Å². The molecule has 1 N–H and O–H groups in total. The first-order valence-corrected chi connectivity index (χ1v) is 7.68. The van der Waals surface area contributed by atoms with Crippen LogP contribution in [0.2, 0.25) is 0 Å². The Labute approximate surface area is 157 Å². The molecule has 8 heteroatoms. The lowest BCUT2D eigenvalue weighted by Gasteiger charge is -2.10. The molecule has 0 aliphatic rings. The van der Waals surface area contributed by atoms with Crippen molar-refractivity contribution in [2.24, 2.45) is 0 Å². The number of rotatable bonds is 6. The van der Waals surface area contributed by atoms with Crippen LogP contribution in [0.4, 0.5) is 0 Å². The number of carboxylic acid groups (broad SMARTS) is 1. The van der Waals surface area contributed by atoms with Gasteiger partial charge in [0, 0.05) is 0 Å². The van der Waals surface area contributed by atoms with Crippen LogP contribution >= 0.6 is 0 Å². The van der Waals surface area contributed by atoms with Gasteiger partial charge >= 0.3 is 11.9 Å². The first-order chi connectivity index (χ1) is 12.9. The number of hydrogen-bond donors (Lipinski definition) is 1. The molecule has 2 aromatic carbocycles. The zero-order chi connectivity index (χ0) is 20.4. The Morgan fingerprint density at radius 1 is 0.667 bits per heavy atom. The van der Waals surface area contributed by atoms with E-state index in [-0.39, 0.29) is 5.56 Å². The number of hydrogen-bond acceptors (Lipinski definition) is 7. The van der Waals surface area contributed by atoms with Crippen LogP contribution in [-0.2, 0) is 4.74 Å². The van der Waals surface area contributed by atoms with Crippen molar-refractivity contribution in [3.63, 3.8) is 0 Å². The van der Waals surface area contributed by atoms with Crippen LogP contribution in [0, 0.1) is 0 Å². The molecule has 0 amide bonds. The van der Waals surface area contributed by atoms with Gasteiger partial charge in [-0.25, -0.2) is 9.59 Å². The lowest BCUT2D eigenvalue weighted by Crippen LogP contribution is -2.06. The summed E-state index contributed by atoms with van der Waals surface area (Å²) in [4.78, 5) is 22.2. The van der Waals surface area contributed by atoms with Gasteiger partial charge in [-0.05, 0) is 24.3 Å². The minimum Gasteiger partial charge on any atom is -0.496 e. The molecule has 27 heavy (non-hydrogen) atoms. The second kappa shape index (κ2) is 10.5. The number of aromatic carboxylic acids is 1. The average molecular weight is 378 g/mol. The maximum absolute atomic E-state index is 11.4. The van der Waals surface area contributed by atoms with Crippen molar-refractivity contribution < 1.29 is 38.4 Å². The SMILES string of the molecule is COC(=O)c1c(OC)cccc1OC.COc1cccc(OC)c1C(=O)O. The van der Waals surface area contributed by atoms with Gasteiger partial charge in [-0.3, -0.25) is 0 Å². The molecule has 0 radical (unpaired) electrons. The molecule has 0 heterocycles. The lowest BCUT2D eigenvalue weighted by atomic mass is 10.2. The zero-order valence-corrected chi connectivity index (χ0v) is 15.8. The fourth-order valence-electron chi connectivity index (χ4n) is 2.22. The Morgan fingerprint density at radius 3 is 1.26 bits per heavy atom. The third kappa shape index (κ3) is 5.27. The topological polar surface area (TPSA) is 101 Å². The fourth-order valence-corrected chi connectivity index (χ4v) is 2.22. The predicted octanol–water partition coefficient (Wildman–Crippen LogP) is 2.89. The smallest absolute Gasteiger partial charge is 0.345 e. The summed E-state index contributed by atoms with van der Waals surface area (Å²) in [6, 6.07) is 9.91. The minimum absolute atomic E-state index is 0.0486. The highest BCUT2D eigenvalue weighted by Gasteiger charge is 2.18. The second-order valence-corrected chi connectivity index (χ2v) is 4.87. The third-order valence-corrected chi connectivity index (χ3v) is 3.46. The van der Waals surface area contributed by atoms with Gasteiger partial charge in [0.15, 0.2) is 0 Å². The minimum atomic E-state index is -1.06. The van der Waals surface area contributed by atoms with E-state index in [2.05, 4.69) is 4.74 Å². The summed E-state index contributed by atoms with van der Waals surface area (Å²) in [5.41, 5.74) is 0.354. The van der Waals surface area contributed by atoms with Crippen molar-refractivity contribution >= 4 is 11.9 Å². The van der Waals surface area contributed by atoms with Crippen molar-refractivity contribution in [3.05, 3.63) is 47.5 Å². The Hall–Kier alpha value is -3.42. The van der Waals surface area contributed by atoms with E-state index in [1.807, 2.05) is 0 Å². The van der Waals surface area contributed by atoms with E-state index in [9.17, 15) is 9.59 Å². The van der Waals surface area contributed by atoms with Gasteiger partial charge in [0.2, 0.25) is 0 Å². The van der Waals surface area contributed by atoms with Crippen LogP contribution in [0.3, 0.4) is 0 Å². The van der Waals surface area contributed by atoms with Crippen LogP contribution in [0.5, 0.6) is 23.0 Å². The molecule has 0 aliphatic carbocycles. The number of esters is 1. The number of benzene rings is 2. The summed E-state index contributed by atoms with van der Waals surface area (Å²) in [5.74, 6) is -0.0558. The van der Waals surface area contributed by atoms with Crippen molar-refractivity contribution in [1.29, 1.82) is 0 Å². The number of ether oxygens (including phenoxy) is 5. The molecule has 2 rings (SSSR count).